The van der Waals surface area contributed by atoms with Crippen LogP contribution in [-0.4, -0.2) is 29.2 Å². The largest absolute Gasteiger partial charge is 0.372 e. The molecule has 37 heavy (non-hydrogen) atoms. The number of carbonyl (C=O) groups is 1. The van der Waals surface area contributed by atoms with Crippen LogP contribution < -0.4 is 16.0 Å². The molecule has 0 aliphatic carbocycles. The number of anilines is 3. The third-order valence-electron chi connectivity index (χ3n) is 6.07. The van der Waals surface area contributed by atoms with Gasteiger partial charge in [0, 0.05) is 35.1 Å². The van der Waals surface area contributed by atoms with Gasteiger partial charge in [0.05, 0.1) is 5.52 Å². The number of rotatable bonds is 8. The molecular formula is C30H27N5OS. The Morgan fingerprint density at radius 3 is 2.16 bits per heavy atom. The smallest absolute Gasteiger partial charge is 0.255 e. The summed E-state index contributed by atoms with van der Waals surface area (Å²) in [5, 5.41) is 10.4. The number of thioether (sulfide) groups is 1. The number of fused-ring (bicyclic) bond motifs is 1. The van der Waals surface area contributed by atoms with Crippen LogP contribution in [0, 0.1) is 0 Å². The van der Waals surface area contributed by atoms with E-state index in [9.17, 15) is 4.79 Å². The fraction of sp³-hybridized carbons (Fsp3) is 0.100. The van der Waals surface area contributed by atoms with Crippen LogP contribution in [0.4, 0.5) is 17.5 Å². The predicted octanol–water partition coefficient (Wildman–Crippen LogP) is 6.92. The van der Waals surface area contributed by atoms with Crippen molar-refractivity contribution in [3.05, 3.63) is 108 Å². The van der Waals surface area contributed by atoms with Crippen molar-refractivity contribution in [1.29, 1.82) is 0 Å². The average Bonchev–Trinajstić information content (AvgIpc) is 2.96. The fourth-order valence-electron chi connectivity index (χ4n) is 4.03. The minimum atomic E-state index is -0.140. The summed E-state index contributed by atoms with van der Waals surface area (Å²) in [6.07, 6.45) is 2.06. The molecule has 0 unspecified atom stereocenters. The Labute approximate surface area is 220 Å². The minimum Gasteiger partial charge on any atom is -0.372 e. The van der Waals surface area contributed by atoms with Gasteiger partial charge in [-0.2, -0.15) is 4.98 Å². The van der Waals surface area contributed by atoms with Gasteiger partial charge in [-0.1, -0.05) is 48.5 Å². The first-order chi connectivity index (χ1) is 18.1. The molecule has 0 aliphatic heterocycles. The summed E-state index contributed by atoms with van der Waals surface area (Å²) >= 11 is 1.72. The van der Waals surface area contributed by atoms with Crippen LogP contribution in [-0.2, 0) is 6.54 Å². The van der Waals surface area contributed by atoms with E-state index in [4.69, 9.17) is 0 Å². The molecule has 1 heterocycles. The summed E-state index contributed by atoms with van der Waals surface area (Å²) in [7, 11) is 1.85. The molecule has 5 aromatic rings. The number of benzene rings is 4. The lowest BCUT2D eigenvalue weighted by Crippen LogP contribution is -2.12. The van der Waals surface area contributed by atoms with Crippen LogP contribution in [0.5, 0.6) is 0 Å². The maximum atomic E-state index is 12.8. The lowest BCUT2D eigenvalue weighted by molar-refractivity contribution is 0.102. The highest BCUT2D eigenvalue weighted by Gasteiger charge is 2.08. The number of hydrogen-bond acceptors (Lipinski definition) is 6. The van der Waals surface area contributed by atoms with Crippen molar-refractivity contribution >= 4 is 46.0 Å². The number of amides is 1. The monoisotopic (exact) mass is 505 g/mol. The van der Waals surface area contributed by atoms with E-state index in [1.165, 1.54) is 4.90 Å². The second-order valence-electron chi connectivity index (χ2n) is 8.47. The Kier molecular flexibility index (Phi) is 7.33. The zero-order valence-corrected chi connectivity index (χ0v) is 21.5. The Bertz CT molecular complexity index is 1520. The Morgan fingerprint density at radius 2 is 1.49 bits per heavy atom. The van der Waals surface area contributed by atoms with Crippen LogP contribution in [0.15, 0.2) is 102 Å². The Morgan fingerprint density at radius 1 is 0.811 bits per heavy atom. The molecular weight excluding hydrogens is 478 g/mol. The van der Waals surface area contributed by atoms with Crippen LogP contribution in [0.25, 0.3) is 22.0 Å². The van der Waals surface area contributed by atoms with Crippen molar-refractivity contribution in [3.8, 4) is 11.1 Å². The van der Waals surface area contributed by atoms with Crippen LogP contribution in [0.1, 0.15) is 15.9 Å². The summed E-state index contributed by atoms with van der Waals surface area (Å²) in [6.45, 7) is 0.565. The summed E-state index contributed by atoms with van der Waals surface area (Å²) in [4.78, 5) is 23.2. The van der Waals surface area contributed by atoms with Gasteiger partial charge in [-0.15, -0.1) is 11.8 Å². The van der Waals surface area contributed by atoms with Crippen LogP contribution >= 0.6 is 11.8 Å². The van der Waals surface area contributed by atoms with Crippen molar-refractivity contribution in [3.63, 3.8) is 0 Å². The van der Waals surface area contributed by atoms with E-state index < -0.39 is 0 Å². The normalized spacial score (nSPS) is 10.8. The van der Waals surface area contributed by atoms with E-state index in [-0.39, 0.29) is 5.91 Å². The highest BCUT2D eigenvalue weighted by Crippen LogP contribution is 2.24. The number of nitrogens with zero attached hydrogens (tertiary/aromatic N) is 2. The number of hydrogen-bond donors (Lipinski definition) is 3. The minimum absolute atomic E-state index is 0.140. The zero-order chi connectivity index (χ0) is 25.6. The van der Waals surface area contributed by atoms with Gasteiger partial charge in [0.25, 0.3) is 5.91 Å². The van der Waals surface area contributed by atoms with Gasteiger partial charge in [-0.3, -0.25) is 4.79 Å². The van der Waals surface area contributed by atoms with Crippen molar-refractivity contribution in [2.24, 2.45) is 0 Å². The molecule has 6 nitrogen and oxygen atoms in total. The van der Waals surface area contributed by atoms with Gasteiger partial charge in [0.2, 0.25) is 5.95 Å². The van der Waals surface area contributed by atoms with E-state index in [0.29, 0.717) is 18.1 Å². The third kappa shape index (κ3) is 5.73. The summed E-state index contributed by atoms with van der Waals surface area (Å²) in [5.41, 5.74) is 5.50. The van der Waals surface area contributed by atoms with E-state index in [0.717, 1.165) is 39.1 Å². The molecule has 0 saturated heterocycles. The van der Waals surface area contributed by atoms with Gasteiger partial charge >= 0.3 is 0 Å². The van der Waals surface area contributed by atoms with Gasteiger partial charge in [-0.25, -0.2) is 4.98 Å². The first-order valence-electron chi connectivity index (χ1n) is 12.0. The van der Waals surface area contributed by atoms with Crippen molar-refractivity contribution in [1.82, 2.24) is 9.97 Å². The van der Waals surface area contributed by atoms with Crippen LogP contribution in [0.2, 0.25) is 0 Å². The molecule has 1 amide bonds. The Balaban J connectivity index is 1.19. The van der Waals surface area contributed by atoms with Gasteiger partial charge in [0.1, 0.15) is 5.82 Å². The SMILES string of the molecule is CNc1nc(NCc2ccc(NC(=O)c3ccc(-c4ccc(SC)cc4)cc3)cc2)nc2ccccc12. The fourth-order valence-corrected chi connectivity index (χ4v) is 4.44. The third-order valence-corrected chi connectivity index (χ3v) is 6.82. The van der Waals surface area contributed by atoms with Crippen molar-refractivity contribution in [2.45, 2.75) is 11.4 Å². The lowest BCUT2D eigenvalue weighted by atomic mass is 10.0. The predicted molar refractivity (Wildman–Crippen MR) is 154 cm³/mol. The number of nitrogens with one attached hydrogen (secondary N) is 3. The van der Waals surface area contributed by atoms with E-state index in [2.05, 4.69) is 56.4 Å². The zero-order valence-electron chi connectivity index (χ0n) is 20.7. The molecule has 0 aliphatic rings. The van der Waals surface area contributed by atoms with Gasteiger partial charge in [0.15, 0.2) is 0 Å². The summed E-state index contributed by atoms with van der Waals surface area (Å²) in [6, 6.07) is 31.7. The topological polar surface area (TPSA) is 78.9 Å². The summed E-state index contributed by atoms with van der Waals surface area (Å²) < 4.78 is 0. The first-order valence-corrected chi connectivity index (χ1v) is 13.2. The average molecular weight is 506 g/mol. The van der Waals surface area contributed by atoms with Crippen LogP contribution in [0.3, 0.4) is 0 Å². The molecule has 3 N–H and O–H groups in total. The lowest BCUT2D eigenvalue weighted by Gasteiger charge is -2.10. The molecule has 0 atom stereocenters. The molecule has 4 aromatic carbocycles. The standard InChI is InChI=1S/C30H27N5OS/c1-31-28-26-5-3-4-6-27(26)34-30(35-28)32-19-20-7-15-24(16-8-20)33-29(36)23-11-9-21(10-12-23)22-13-17-25(37-2)18-14-22/h3-18H,19H2,1-2H3,(H,33,36)(H2,31,32,34,35). The molecule has 0 saturated carbocycles. The van der Waals surface area contributed by atoms with E-state index >= 15 is 0 Å². The number of carbonyl (C=O) groups excluding carboxylic acids is 1. The second-order valence-corrected chi connectivity index (χ2v) is 9.35. The molecule has 184 valence electrons. The second kappa shape index (κ2) is 11.1. The highest BCUT2D eigenvalue weighted by atomic mass is 32.2. The quantitative estimate of drug-likeness (QED) is 0.199. The van der Waals surface area contributed by atoms with E-state index in [1.807, 2.05) is 79.8 Å². The van der Waals surface area contributed by atoms with Crippen molar-refractivity contribution < 1.29 is 4.79 Å². The van der Waals surface area contributed by atoms with Gasteiger partial charge in [-0.05, 0) is 71.5 Å². The molecule has 0 spiro atoms. The number of para-hydroxylation sites is 1. The molecule has 0 radical (unpaired) electrons. The molecule has 0 bridgehead atoms. The van der Waals surface area contributed by atoms with Crippen molar-refractivity contribution in [2.75, 3.05) is 29.3 Å². The maximum absolute atomic E-state index is 12.8. The number of aromatic nitrogens is 2. The first kappa shape index (κ1) is 24.3. The summed E-state index contributed by atoms with van der Waals surface area (Å²) in [5.74, 6) is 1.20. The van der Waals surface area contributed by atoms with Gasteiger partial charge < -0.3 is 16.0 Å². The molecule has 5 rings (SSSR count). The molecule has 0 fully saturated rings. The Hall–Kier alpha value is -4.36. The van der Waals surface area contributed by atoms with E-state index in [1.54, 1.807) is 11.8 Å². The maximum Gasteiger partial charge on any atom is 0.255 e. The molecule has 1 aromatic heterocycles. The molecule has 7 heteroatoms. The highest BCUT2D eigenvalue weighted by molar-refractivity contribution is 7.98.